The van der Waals surface area contributed by atoms with Gasteiger partial charge in [0.25, 0.3) is 0 Å². The van der Waals surface area contributed by atoms with E-state index in [4.69, 9.17) is 0 Å². The first-order valence-electron chi connectivity index (χ1n) is 6.99. The number of aromatic nitrogens is 3. The molecule has 0 unspecified atom stereocenters. The van der Waals surface area contributed by atoms with E-state index < -0.39 is 0 Å². The molecule has 3 N–H and O–H groups in total. The van der Waals surface area contributed by atoms with Crippen molar-refractivity contribution in [2.75, 3.05) is 24.3 Å². The lowest BCUT2D eigenvalue weighted by Crippen LogP contribution is -2.30. The number of aliphatic hydroxyl groups excluding tert-OH is 1. The molecule has 6 nitrogen and oxygen atoms in total. The average molecular weight is 287 g/mol. The third kappa shape index (κ3) is 3.88. The summed E-state index contributed by atoms with van der Waals surface area (Å²) in [5, 5.41) is 15.6. The van der Waals surface area contributed by atoms with E-state index in [2.05, 4.69) is 25.6 Å². The van der Waals surface area contributed by atoms with E-state index in [9.17, 15) is 5.11 Å². The Balaban J connectivity index is 2.34. The molecule has 112 valence electrons. The third-order valence-electron chi connectivity index (χ3n) is 3.23. The maximum atomic E-state index is 9.42. The van der Waals surface area contributed by atoms with Crippen molar-refractivity contribution in [1.82, 2.24) is 15.0 Å². The second-order valence-corrected chi connectivity index (χ2v) is 5.10. The van der Waals surface area contributed by atoms with Crippen LogP contribution in [0.3, 0.4) is 0 Å². The number of rotatable bonds is 6. The fraction of sp³-hybridized carbons (Fsp3) is 0.400. The molecule has 21 heavy (non-hydrogen) atoms. The molecule has 0 aliphatic heterocycles. The van der Waals surface area contributed by atoms with Crippen LogP contribution in [0.4, 0.5) is 11.8 Å². The largest absolute Gasteiger partial charge is 0.394 e. The average Bonchev–Trinajstić information content (AvgIpc) is 2.52. The first kappa shape index (κ1) is 15.2. The zero-order valence-corrected chi connectivity index (χ0v) is 12.5. The standard InChI is InChI=1S/C15H21N5O/c1-10(2)13(9-21)19-15-18-12(8-14(16-3)20-15)11-6-4-5-7-17-11/h4-8,10,13,21H,9H2,1-3H3,(H2,16,18,19,20)/t13-/m1/s1. The van der Waals surface area contributed by atoms with Crippen molar-refractivity contribution in [2.24, 2.45) is 5.92 Å². The highest BCUT2D eigenvalue weighted by Gasteiger charge is 2.14. The minimum absolute atomic E-state index is 0.0315. The maximum absolute atomic E-state index is 9.42. The minimum atomic E-state index is -0.0892. The van der Waals surface area contributed by atoms with Crippen LogP contribution in [-0.2, 0) is 0 Å². The maximum Gasteiger partial charge on any atom is 0.225 e. The van der Waals surface area contributed by atoms with Crippen LogP contribution in [0.2, 0.25) is 0 Å². The monoisotopic (exact) mass is 287 g/mol. The first-order chi connectivity index (χ1) is 10.1. The summed E-state index contributed by atoms with van der Waals surface area (Å²) in [6, 6.07) is 7.44. The van der Waals surface area contributed by atoms with Crippen LogP contribution < -0.4 is 10.6 Å². The molecule has 0 amide bonds. The first-order valence-corrected chi connectivity index (χ1v) is 6.99. The van der Waals surface area contributed by atoms with Gasteiger partial charge >= 0.3 is 0 Å². The number of hydrogen-bond acceptors (Lipinski definition) is 6. The van der Waals surface area contributed by atoms with Crippen molar-refractivity contribution in [2.45, 2.75) is 19.9 Å². The highest BCUT2D eigenvalue weighted by Crippen LogP contribution is 2.20. The zero-order valence-electron chi connectivity index (χ0n) is 12.5. The molecule has 0 aliphatic rings. The minimum Gasteiger partial charge on any atom is -0.394 e. The van der Waals surface area contributed by atoms with Crippen LogP contribution >= 0.6 is 0 Å². The molecule has 2 aromatic rings. The molecule has 0 spiro atoms. The normalized spacial score (nSPS) is 12.2. The lowest BCUT2D eigenvalue weighted by atomic mass is 10.1. The second kappa shape index (κ2) is 6.99. The van der Waals surface area contributed by atoms with Crippen molar-refractivity contribution < 1.29 is 5.11 Å². The molecule has 0 saturated carbocycles. The number of anilines is 2. The summed E-state index contributed by atoms with van der Waals surface area (Å²) in [6.07, 6.45) is 1.73. The molecule has 0 fully saturated rings. The van der Waals surface area contributed by atoms with Crippen LogP contribution in [-0.4, -0.2) is 39.8 Å². The summed E-state index contributed by atoms with van der Waals surface area (Å²) < 4.78 is 0. The number of aliphatic hydroxyl groups is 1. The highest BCUT2D eigenvalue weighted by atomic mass is 16.3. The van der Waals surface area contributed by atoms with Crippen molar-refractivity contribution in [3.05, 3.63) is 30.5 Å². The highest BCUT2D eigenvalue weighted by molar-refractivity contribution is 5.60. The van der Waals surface area contributed by atoms with E-state index in [-0.39, 0.29) is 18.6 Å². The Labute approximate surface area is 124 Å². The Bertz CT molecular complexity index is 574. The molecule has 0 aromatic carbocycles. The van der Waals surface area contributed by atoms with Gasteiger partial charge < -0.3 is 15.7 Å². The number of nitrogens with zero attached hydrogens (tertiary/aromatic N) is 3. The number of pyridine rings is 1. The molecule has 0 bridgehead atoms. The fourth-order valence-corrected chi connectivity index (χ4v) is 1.87. The molecule has 1 atom stereocenters. The van der Waals surface area contributed by atoms with Gasteiger partial charge in [-0.2, -0.15) is 4.98 Å². The van der Waals surface area contributed by atoms with Crippen LogP contribution in [0, 0.1) is 5.92 Å². The lowest BCUT2D eigenvalue weighted by molar-refractivity contribution is 0.248. The van der Waals surface area contributed by atoms with Crippen LogP contribution in [0.25, 0.3) is 11.4 Å². The van der Waals surface area contributed by atoms with Gasteiger partial charge in [0.1, 0.15) is 5.82 Å². The molecule has 6 heteroatoms. The van der Waals surface area contributed by atoms with E-state index in [0.29, 0.717) is 11.8 Å². The third-order valence-corrected chi connectivity index (χ3v) is 3.23. The number of hydrogen-bond donors (Lipinski definition) is 3. The van der Waals surface area contributed by atoms with Crippen LogP contribution in [0.5, 0.6) is 0 Å². The Morgan fingerprint density at radius 1 is 1.19 bits per heavy atom. The molecule has 0 saturated heterocycles. The second-order valence-electron chi connectivity index (χ2n) is 5.10. The van der Waals surface area contributed by atoms with Crippen molar-refractivity contribution in [1.29, 1.82) is 0 Å². The van der Waals surface area contributed by atoms with Gasteiger partial charge in [-0.3, -0.25) is 4.98 Å². The molecule has 2 aromatic heterocycles. The van der Waals surface area contributed by atoms with E-state index in [1.807, 2.05) is 38.1 Å². The Morgan fingerprint density at radius 2 is 2.00 bits per heavy atom. The number of nitrogens with one attached hydrogen (secondary N) is 2. The topological polar surface area (TPSA) is 83.0 Å². The fourth-order valence-electron chi connectivity index (χ4n) is 1.87. The SMILES string of the molecule is CNc1cc(-c2ccccn2)nc(N[C@H](CO)C(C)C)n1. The zero-order chi connectivity index (χ0) is 15.2. The summed E-state index contributed by atoms with van der Waals surface area (Å²) in [5.74, 6) is 1.46. The summed E-state index contributed by atoms with van der Waals surface area (Å²) in [7, 11) is 1.81. The molecule has 2 heterocycles. The van der Waals surface area contributed by atoms with Gasteiger partial charge in [0, 0.05) is 19.3 Å². The Morgan fingerprint density at radius 3 is 2.57 bits per heavy atom. The van der Waals surface area contributed by atoms with Gasteiger partial charge in [-0.05, 0) is 18.1 Å². The molecule has 2 rings (SSSR count). The summed E-state index contributed by atoms with van der Waals surface area (Å²) >= 11 is 0. The lowest BCUT2D eigenvalue weighted by Gasteiger charge is -2.20. The van der Waals surface area contributed by atoms with E-state index in [1.165, 1.54) is 0 Å². The van der Waals surface area contributed by atoms with Crippen molar-refractivity contribution in [3.8, 4) is 11.4 Å². The van der Waals surface area contributed by atoms with Gasteiger partial charge in [-0.25, -0.2) is 4.98 Å². The van der Waals surface area contributed by atoms with Crippen LogP contribution in [0.1, 0.15) is 13.8 Å². The smallest absolute Gasteiger partial charge is 0.225 e. The predicted molar refractivity (Wildman–Crippen MR) is 84.1 cm³/mol. The van der Waals surface area contributed by atoms with Crippen molar-refractivity contribution >= 4 is 11.8 Å². The molecular weight excluding hydrogens is 266 g/mol. The predicted octanol–water partition coefficient (Wildman–Crippen LogP) is 2.01. The van der Waals surface area contributed by atoms with Gasteiger partial charge in [0.2, 0.25) is 5.95 Å². The molecule has 0 aliphatic carbocycles. The van der Waals surface area contributed by atoms with Gasteiger partial charge in [0.15, 0.2) is 0 Å². The Hall–Kier alpha value is -2.21. The molecular formula is C15H21N5O. The summed E-state index contributed by atoms with van der Waals surface area (Å²) in [6.45, 7) is 4.11. The van der Waals surface area contributed by atoms with Gasteiger partial charge in [-0.1, -0.05) is 19.9 Å². The van der Waals surface area contributed by atoms with E-state index in [0.717, 1.165) is 11.4 Å². The quantitative estimate of drug-likeness (QED) is 0.754. The van der Waals surface area contributed by atoms with Gasteiger partial charge in [0.05, 0.1) is 24.0 Å². The molecule has 0 radical (unpaired) electrons. The van der Waals surface area contributed by atoms with Crippen LogP contribution in [0.15, 0.2) is 30.5 Å². The Kier molecular flexibility index (Phi) is 5.05. The van der Waals surface area contributed by atoms with Crippen molar-refractivity contribution in [3.63, 3.8) is 0 Å². The summed E-state index contributed by atoms with van der Waals surface area (Å²) in [5.41, 5.74) is 1.52. The van der Waals surface area contributed by atoms with E-state index >= 15 is 0 Å². The van der Waals surface area contributed by atoms with Gasteiger partial charge in [-0.15, -0.1) is 0 Å². The van der Waals surface area contributed by atoms with E-state index in [1.54, 1.807) is 13.2 Å². The summed E-state index contributed by atoms with van der Waals surface area (Å²) in [4.78, 5) is 13.2.